The fourth-order valence-corrected chi connectivity index (χ4v) is 3.31. The van der Waals surface area contributed by atoms with E-state index in [1.165, 1.54) is 13.8 Å². The third kappa shape index (κ3) is 4.24. The first-order chi connectivity index (χ1) is 13.4. The van der Waals surface area contributed by atoms with E-state index in [-0.39, 0.29) is 0 Å². The molecule has 1 heterocycles. The summed E-state index contributed by atoms with van der Waals surface area (Å²) < 4.78 is 17.0. The van der Waals surface area contributed by atoms with Crippen LogP contribution in [0.2, 0.25) is 0 Å². The number of rotatable bonds is 5. The first-order valence-electron chi connectivity index (χ1n) is 8.94. The van der Waals surface area contributed by atoms with Gasteiger partial charge in [-0.3, -0.25) is 9.59 Å². The Morgan fingerprint density at radius 3 is 2.54 bits per heavy atom. The van der Waals surface area contributed by atoms with Crippen molar-refractivity contribution < 1.29 is 34.0 Å². The van der Waals surface area contributed by atoms with Crippen LogP contribution in [0, 0.1) is 0 Å². The van der Waals surface area contributed by atoms with Crippen molar-refractivity contribution in [3.63, 3.8) is 0 Å². The third-order valence-corrected chi connectivity index (χ3v) is 4.52. The van der Waals surface area contributed by atoms with Gasteiger partial charge in [0.05, 0.1) is 6.61 Å². The van der Waals surface area contributed by atoms with Crippen molar-refractivity contribution >= 4 is 22.6 Å². The zero-order chi connectivity index (χ0) is 20.3. The maximum Gasteiger partial charge on any atom is 0.303 e. The molecule has 1 amide bonds. The van der Waals surface area contributed by atoms with Gasteiger partial charge in [-0.1, -0.05) is 36.4 Å². The lowest BCUT2D eigenvalue weighted by Gasteiger charge is -2.43. The lowest BCUT2D eigenvalue weighted by molar-refractivity contribution is -0.249. The summed E-state index contributed by atoms with van der Waals surface area (Å²) in [6.45, 7) is 1.98. The minimum absolute atomic E-state index is 0.410. The Morgan fingerprint density at radius 1 is 1.14 bits per heavy atom. The summed E-state index contributed by atoms with van der Waals surface area (Å²) in [6.07, 6.45) is -4.63. The van der Waals surface area contributed by atoms with E-state index in [0.29, 0.717) is 5.75 Å². The SMILES string of the molecule is CC(=O)N[C@H]1[C@H](Oc2cccc3ccccc23)O[C@@H](CO)[C@@H](O)[C@@H]1OC(C)=O. The van der Waals surface area contributed by atoms with Gasteiger partial charge in [-0.25, -0.2) is 0 Å². The van der Waals surface area contributed by atoms with Gasteiger partial charge in [0.15, 0.2) is 6.10 Å². The van der Waals surface area contributed by atoms with Crippen LogP contribution >= 0.6 is 0 Å². The molecule has 0 aromatic heterocycles. The molecule has 5 atom stereocenters. The van der Waals surface area contributed by atoms with Crippen LogP contribution < -0.4 is 10.1 Å². The van der Waals surface area contributed by atoms with E-state index in [1.54, 1.807) is 6.07 Å². The molecule has 1 aliphatic rings. The van der Waals surface area contributed by atoms with Crippen molar-refractivity contribution in [1.29, 1.82) is 0 Å². The van der Waals surface area contributed by atoms with Gasteiger partial charge in [0.25, 0.3) is 0 Å². The number of fused-ring (bicyclic) bond motifs is 1. The summed E-state index contributed by atoms with van der Waals surface area (Å²) in [5, 5.41) is 24.4. The maximum absolute atomic E-state index is 11.7. The van der Waals surface area contributed by atoms with Gasteiger partial charge in [0, 0.05) is 19.2 Å². The number of aliphatic hydroxyl groups excluding tert-OH is 2. The van der Waals surface area contributed by atoms with Gasteiger partial charge in [0.1, 0.15) is 24.0 Å². The van der Waals surface area contributed by atoms with Gasteiger partial charge in [0.2, 0.25) is 12.2 Å². The zero-order valence-electron chi connectivity index (χ0n) is 15.6. The molecule has 0 radical (unpaired) electrons. The van der Waals surface area contributed by atoms with E-state index in [2.05, 4.69) is 5.32 Å². The predicted molar refractivity (Wildman–Crippen MR) is 99.5 cm³/mol. The zero-order valence-corrected chi connectivity index (χ0v) is 15.6. The second-order valence-corrected chi connectivity index (χ2v) is 6.61. The minimum atomic E-state index is -1.34. The predicted octanol–water partition coefficient (Wildman–Crippen LogP) is 0.733. The highest BCUT2D eigenvalue weighted by Crippen LogP contribution is 2.30. The smallest absolute Gasteiger partial charge is 0.303 e. The van der Waals surface area contributed by atoms with Crippen LogP contribution in [0.15, 0.2) is 42.5 Å². The topological polar surface area (TPSA) is 114 Å². The van der Waals surface area contributed by atoms with Crippen molar-refractivity contribution in [3.05, 3.63) is 42.5 Å². The molecule has 150 valence electrons. The number of ether oxygens (including phenoxy) is 3. The van der Waals surface area contributed by atoms with Crippen molar-refractivity contribution in [2.45, 2.75) is 44.5 Å². The van der Waals surface area contributed by atoms with Gasteiger partial charge >= 0.3 is 5.97 Å². The molecule has 1 fully saturated rings. The molecule has 0 bridgehead atoms. The van der Waals surface area contributed by atoms with Crippen LogP contribution in [0.25, 0.3) is 10.8 Å². The monoisotopic (exact) mass is 389 g/mol. The number of hydrogen-bond donors (Lipinski definition) is 3. The molecule has 3 rings (SSSR count). The van der Waals surface area contributed by atoms with Crippen LogP contribution in [0.3, 0.4) is 0 Å². The number of carbonyl (C=O) groups excluding carboxylic acids is 2. The van der Waals surface area contributed by atoms with E-state index in [1.807, 2.05) is 36.4 Å². The fraction of sp³-hybridized carbons (Fsp3) is 0.400. The van der Waals surface area contributed by atoms with E-state index < -0.39 is 49.1 Å². The van der Waals surface area contributed by atoms with Crippen LogP contribution in [0.5, 0.6) is 5.75 Å². The second-order valence-electron chi connectivity index (χ2n) is 6.61. The molecule has 0 saturated carbocycles. The van der Waals surface area contributed by atoms with Crippen LogP contribution in [-0.2, 0) is 19.1 Å². The molecule has 2 aromatic rings. The number of benzene rings is 2. The Balaban J connectivity index is 1.96. The van der Waals surface area contributed by atoms with E-state index in [4.69, 9.17) is 14.2 Å². The molecule has 0 unspecified atom stereocenters. The molecule has 28 heavy (non-hydrogen) atoms. The van der Waals surface area contributed by atoms with E-state index in [0.717, 1.165) is 10.8 Å². The molecule has 0 aliphatic carbocycles. The first-order valence-corrected chi connectivity index (χ1v) is 8.94. The number of aliphatic hydroxyl groups is 2. The molecule has 1 saturated heterocycles. The van der Waals surface area contributed by atoms with Crippen LogP contribution in [0.1, 0.15) is 13.8 Å². The average Bonchev–Trinajstić information content (AvgIpc) is 2.66. The molecular weight excluding hydrogens is 366 g/mol. The highest BCUT2D eigenvalue weighted by Gasteiger charge is 2.48. The van der Waals surface area contributed by atoms with Gasteiger partial charge < -0.3 is 29.7 Å². The molecule has 1 aliphatic heterocycles. The molecule has 0 spiro atoms. The lowest BCUT2D eigenvalue weighted by Crippen LogP contribution is -2.66. The Morgan fingerprint density at radius 2 is 1.86 bits per heavy atom. The van der Waals surface area contributed by atoms with Gasteiger partial charge in [-0.05, 0) is 11.5 Å². The van der Waals surface area contributed by atoms with Gasteiger partial charge in [-0.2, -0.15) is 0 Å². The molecule has 3 N–H and O–H groups in total. The van der Waals surface area contributed by atoms with Crippen molar-refractivity contribution in [3.8, 4) is 5.75 Å². The number of hydrogen-bond acceptors (Lipinski definition) is 7. The van der Waals surface area contributed by atoms with Crippen molar-refractivity contribution in [2.75, 3.05) is 6.61 Å². The normalized spacial score (nSPS) is 27.2. The van der Waals surface area contributed by atoms with E-state index in [9.17, 15) is 19.8 Å². The molecule has 2 aromatic carbocycles. The first kappa shape index (κ1) is 20.1. The summed E-state index contributed by atoms with van der Waals surface area (Å²) in [5.41, 5.74) is 0. The minimum Gasteiger partial charge on any atom is -0.462 e. The van der Waals surface area contributed by atoms with Crippen molar-refractivity contribution in [1.82, 2.24) is 5.32 Å². The summed E-state index contributed by atoms with van der Waals surface area (Å²) in [7, 11) is 0. The largest absolute Gasteiger partial charge is 0.462 e. The molecule has 8 nitrogen and oxygen atoms in total. The maximum atomic E-state index is 11.7. The second kappa shape index (κ2) is 8.55. The van der Waals surface area contributed by atoms with Crippen LogP contribution in [-0.4, -0.2) is 59.3 Å². The number of nitrogens with one attached hydrogen (secondary N) is 1. The highest BCUT2D eigenvalue weighted by atomic mass is 16.7. The fourth-order valence-electron chi connectivity index (χ4n) is 3.31. The standard InChI is InChI=1S/C20H23NO7/c1-11(23)21-17-19(26-12(2)24)18(25)16(10-22)28-20(17)27-15-9-5-7-13-6-3-4-8-14(13)15/h3-9,16-20,22,25H,10H2,1-2H3,(H,21,23)/t16-,17+,18+,19+,20+/m0/s1. The summed E-state index contributed by atoms with van der Waals surface area (Å²) in [6, 6.07) is 12.1. The summed E-state index contributed by atoms with van der Waals surface area (Å²) in [4.78, 5) is 23.3. The average molecular weight is 389 g/mol. The Kier molecular flexibility index (Phi) is 6.13. The number of carbonyl (C=O) groups is 2. The highest BCUT2D eigenvalue weighted by molar-refractivity contribution is 5.88. The van der Waals surface area contributed by atoms with Gasteiger partial charge in [-0.15, -0.1) is 0 Å². The van der Waals surface area contributed by atoms with Crippen LogP contribution in [0.4, 0.5) is 0 Å². The third-order valence-electron chi connectivity index (χ3n) is 4.52. The Hall–Kier alpha value is -2.68. The molecule has 8 heteroatoms. The molecular formula is C20H23NO7. The summed E-state index contributed by atoms with van der Waals surface area (Å²) in [5.74, 6) is -0.554. The Bertz CT molecular complexity index is 850. The summed E-state index contributed by atoms with van der Waals surface area (Å²) >= 11 is 0. The number of amides is 1. The van der Waals surface area contributed by atoms with E-state index >= 15 is 0 Å². The van der Waals surface area contributed by atoms with Crippen molar-refractivity contribution in [2.24, 2.45) is 0 Å². The Labute approximate surface area is 162 Å². The quantitative estimate of drug-likeness (QED) is 0.646. The number of esters is 1. The lowest BCUT2D eigenvalue weighted by atomic mass is 9.96.